The number of aromatic hydroxyl groups is 1. The van der Waals surface area contributed by atoms with Crippen LogP contribution in [-0.4, -0.2) is 32.3 Å². The Morgan fingerprint density at radius 2 is 2.21 bits per heavy atom. The number of nitrogens with one attached hydrogen (secondary N) is 2. The van der Waals surface area contributed by atoms with Crippen molar-refractivity contribution >= 4 is 23.0 Å². The van der Waals surface area contributed by atoms with Crippen LogP contribution in [0.3, 0.4) is 0 Å². The molecule has 0 aliphatic carbocycles. The molecular formula is C17H16N4O3. The lowest BCUT2D eigenvalue weighted by Gasteiger charge is -2.07. The Morgan fingerprint density at radius 3 is 3.00 bits per heavy atom. The van der Waals surface area contributed by atoms with Gasteiger partial charge in [0.2, 0.25) is 0 Å². The minimum atomic E-state index is -0.375. The van der Waals surface area contributed by atoms with E-state index in [2.05, 4.69) is 20.5 Å². The number of amides is 1. The maximum absolute atomic E-state index is 12.2. The third-order valence-electron chi connectivity index (χ3n) is 3.72. The molecule has 7 heteroatoms. The summed E-state index contributed by atoms with van der Waals surface area (Å²) in [6.45, 7) is 1.34. The van der Waals surface area contributed by atoms with Crippen molar-refractivity contribution in [3.8, 4) is 5.75 Å². The number of aliphatic hydroxyl groups is 1. The van der Waals surface area contributed by atoms with Crippen molar-refractivity contribution in [2.75, 3.05) is 0 Å². The van der Waals surface area contributed by atoms with E-state index in [0.29, 0.717) is 22.4 Å². The smallest absolute Gasteiger partial charge is 0.273 e. The Balaban J connectivity index is 1.82. The average Bonchev–Trinajstić information content (AvgIpc) is 3.03. The summed E-state index contributed by atoms with van der Waals surface area (Å²) < 4.78 is 0. The predicted octanol–water partition coefficient (Wildman–Crippen LogP) is 1.83. The summed E-state index contributed by atoms with van der Waals surface area (Å²) in [4.78, 5) is 19.2. The van der Waals surface area contributed by atoms with E-state index in [1.165, 1.54) is 12.4 Å². The van der Waals surface area contributed by atoms with Crippen LogP contribution in [0.5, 0.6) is 5.75 Å². The lowest BCUT2D eigenvalue weighted by atomic mass is 10.1. The molecule has 0 atom stereocenters. The second-order valence-electron chi connectivity index (χ2n) is 5.24. The first-order valence-electron chi connectivity index (χ1n) is 7.29. The number of aromatic nitrogens is 2. The van der Waals surface area contributed by atoms with E-state index in [9.17, 15) is 15.0 Å². The molecule has 1 aromatic carbocycles. The molecule has 0 saturated heterocycles. The number of hydrogen-bond donors (Lipinski definition) is 4. The largest absolute Gasteiger partial charge is 0.505 e. The zero-order valence-corrected chi connectivity index (χ0v) is 12.9. The van der Waals surface area contributed by atoms with Crippen LogP contribution in [0, 0.1) is 6.92 Å². The van der Waals surface area contributed by atoms with Gasteiger partial charge in [-0.1, -0.05) is 18.2 Å². The minimum absolute atomic E-state index is 0.0772. The third-order valence-corrected chi connectivity index (χ3v) is 3.72. The summed E-state index contributed by atoms with van der Waals surface area (Å²) in [6, 6.07) is 7.44. The summed E-state index contributed by atoms with van der Waals surface area (Å²) in [5.41, 5.74) is 4.91. The highest BCUT2D eigenvalue weighted by Crippen LogP contribution is 2.22. The molecule has 2 heterocycles. The summed E-state index contributed by atoms with van der Waals surface area (Å²) in [7, 11) is 0. The minimum Gasteiger partial charge on any atom is -0.505 e. The fourth-order valence-corrected chi connectivity index (χ4v) is 2.40. The van der Waals surface area contributed by atoms with Gasteiger partial charge in [0.25, 0.3) is 5.91 Å². The van der Waals surface area contributed by atoms with Crippen molar-refractivity contribution in [3.63, 3.8) is 0 Å². The lowest BCUT2D eigenvalue weighted by molar-refractivity contribution is 0.0957. The molecule has 0 aliphatic rings. The fraction of sp³-hybridized carbons (Fsp3) is 0.118. The second-order valence-corrected chi connectivity index (χ2v) is 5.24. The monoisotopic (exact) mass is 324 g/mol. The third kappa shape index (κ3) is 2.84. The van der Waals surface area contributed by atoms with Crippen LogP contribution in [0.25, 0.3) is 10.9 Å². The second kappa shape index (κ2) is 6.51. The van der Waals surface area contributed by atoms with Gasteiger partial charge in [0.1, 0.15) is 5.75 Å². The number of para-hydroxylation sites is 1. The molecule has 0 saturated carbocycles. The van der Waals surface area contributed by atoms with Gasteiger partial charge in [-0.05, 0) is 13.0 Å². The zero-order valence-electron chi connectivity index (χ0n) is 12.9. The first-order chi connectivity index (χ1) is 11.6. The van der Waals surface area contributed by atoms with Gasteiger partial charge >= 0.3 is 0 Å². The fourth-order valence-electron chi connectivity index (χ4n) is 2.40. The van der Waals surface area contributed by atoms with Crippen LogP contribution >= 0.6 is 0 Å². The number of aliphatic hydroxyl groups excluding tert-OH is 1. The molecule has 7 nitrogen and oxygen atoms in total. The van der Waals surface area contributed by atoms with Crippen LogP contribution in [0.2, 0.25) is 0 Å². The SMILES string of the molecule is Cc1ncc(CO)c(/C=N/NC(=O)c2c[nH]c3ccccc23)c1O. The number of benzene rings is 1. The van der Waals surface area contributed by atoms with Gasteiger partial charge < -0.3 is 15.2 Å². The van der Waals surface area contributed by atoms with Crippen LogP contribution in [-0.2, 0) is 6.61 Å². The lowest BCUT2D eigenvalue weighted by Crippen LogP contribution is -2.17. The highest BCUT2D eigenvalue weighted by Gasteiger charge is 2.12. The molecule has 0 bridgehead atoms. The van der Waals surface area contributed by atoms with E-state index >= 15 is 0 Å². The molecule has 0 fully saturated rings. The van der Waals surface area contributed by atoms with Gasteiger partial charge in [-0.2, -0.15) is 5.10 Å². The van der Waals surface area contributed by atoms with Crippen molar-refractivity contribution in [2.45, 2.75) is 13.5 Å². The zero-order chi connectivity index (χ0) is 17.1. The van der Waals surface area contributed by atoms with E-state index in [1.807, 2.05) is 24.3 Å². The van der Waals surface area contributed by atoms with Gasteiger partial charge in [-0.3, -0.25) is 9.78 Å². The molecule has 3 aromatic rings. The molecule has 0 radical (unpaired) electrons. The van der Waals surface area contributed by atoms with E-state index in [-0.39, 0.29) is 18.3 Å². The number of H-pyrrole nitrogens is 1. The molecule has 1 amide bonds. The van der Waals surface area contributed by atoms with Crippen LogP contribution in [0.4, 0.5) is 0 Å². The van der Waals surface area contributed by atoms with Crippen LogP contribution in [0.15, 0.2) is 41.8 Å². The maximum atomic E-state index is 12.2. The number of hydrazone groups is 1. The van der Waals surface area contributed by atoms with Crippen molar-refractivity contribution in [1.29, 1.82) is 0 Å². The molecule has 24 heavy (non-hydrogen) atoms. The van der Waals surface area contributed by atoms with Crippen molar-refractivity contribution < 1.29 is 15.0 Å². The van der Waals surface area contributed by atoms with Crippen LogP contribution < -0.4 is 5.43 Å². The first-order valence-corrected chi connectivity index (χ1v) is 7.29. The number of carbonyl (C=O) groups is 1. The summed E-state index contributed by atoms with van der Waals surface area (Å²) >= 11 is 0. The molecular weight excluding hydrogens is 308 g/mol. The number of fused-ring (bicyclic) bond motifs is 1. The Kier molecular flexibility index (Phi) is 4.26. The van der Waals surface area contributed by atoms with Gasteiger partial charge in [0, 0.05) is 34.4 Å². The Hall–Kier alpha value is -3.19. The average molecular weight is 324 g/mol. The van der Waals surface area contributed by atoms with Crippen molar-refractivity contribution in [3.05, 3.63) is 59.0 Å². The van der Waals surface area contributed by atoms with E-state index < -0.39 is 0 Å². The Labute approximate surface area is 137 Å². The number of aromatic amines is 1. The van der Waals surface area contributed by atoms with E-state index in [0.717, 1.165) is 10.9 Å². The van der Waals surface area contributed by atoms with Gasteiger partial charge in [0.05, 0.1) is 24.1 Å². The first kappa shape index (κ1) is 15.7. The van der Waals surface area contributed by atoms with Crippen LogP contribution in [0.1, 0.15) is 27.2 Å². The van der Waals surface area contributed by atoms with E-state index in [1.54, 1.807) is 13.1 Å². The highest BCUT2D eigenvalue weighted by molar-refractivity contribution is 6.06. The summed E-state index contributed by atoms with van der Waals surface area (Å²) in [6.07, 6.45) is 4.36. The number of hydrogen-bond acceptors (Lipinski definition) is 5. The summed E-state index contributed by atoms with van der Waals surface area (Å²) in [5.74, 6) is -0.453. The topological polar surface area (TPSA) is 111 Å². The number of carbonyl (C=O) groups excluding carboxylic acids is 1. The number of rotatable bonds is 4. The quantitative estimate of drug-likeness (QED) is 0.433. The van der Waals surface area contributed by atoms with Crippen molar-refractivity contribution in [2.24, 2.45) is 5.10 Å². The molecule has 0 aliphatic heterocycles. The molecule has 122 valence electrons. The van der Waals surface area contributed by atoms with Crippen molar-refractivity contribution in [1.82, 2.24) is 15.4 Å². The molecule has 0 unspecified atom stereocenters. The predicted molar refractivity (Wildman–Crippen MR) is 89.9 cm³/mol. The van der Waals surface area contributed by atoms with E-state index in [4.69, 9.17) is 0 Å². The molecule has 0 spiro atoms. The molecule has 3 rings (SSSR count). The Morgan fingerprint density at radius 1 is 1.42 bits per heavy atom. The Bertz CT molecular complexity index is 931. The summed E-state index contributed by atoms with van der Waals surface area (Å²) in [5, 5.41) is 24.0. The van der Waals surface area contributed by atoms with Gasteiger partial charge in [0.15, 0.2) is 0 Å². The molecule has 2 aromatic heterocycles. The maximum Gasteiger partial charge on any atom is 0.273 e. The number of aryl methyl sites for hydroxylation is 1. The number of pyridine rings is 1. The van der Waals surface area contributed by atoms with Gasteiger partial charge in [-0.25, -0.2) is 5.43 Å². The highest BCUT2D eigenvalue weighted by atomic mass is 16.3. The standard InChI is InChI=1S/C17H16N4O3/c1-10-16(23)13(11(9-22)6-18-10)8-20-21-17(24)14-7-19-15-5-3-2-4-12(14)15/h2-8,19,22-23H,9H2,1H3,(H,21,24)/b20-8+. The van der Waals surface area contributed by atoms with Gasteiger partial charge in [-0.15, -0.1) is 0 Å². The molecule has 4 N–H and O–H groups in total. The number of nitrogens with zero attached hydrogens (tertiary/aromatic N) is 2. The normalized spacial score (nSPS) is 11.2.